The van der Waals surface area contributed by atoms with Crippen LogP contribution in [0.3, 0.4) is 0 Å². The Kier molecular flexibility index (Phi) is 6.35. The van der Waals surface area contributed by atoms with Crippen molar-refractivity contribution in [2.75, 3.05) is 13.2 Å². The zero-order chi connectivity index (χ0) is 19.5. The SMILES string of the molecule is CCOC1CC(N)(C(=O)NC(C)c2ccc(OCC(C)C)cc2)C1(C)C. The fourth-order valence-corrected chi connectivity index (χ4v) is 3.34. The molecule has 0 spiro atoms. The molecule has 1 aromatic rings. The van der Waals surface area contributed by atoms with E-state index in [0.717, 1.165) is 11.3 Å². The van der Waals surface area contributed by atoms with Crippen molar-refractivity contribution in [2.24, 2.45) is 17.1 Å². The number of rotatable bonds is 8. The Labute approximate surface area is 157 Å². The van der Waals surface area contributed by atoms with E-state index in [1.165, 1.54) is 0 Å². The summed E-state index contributed by atoms with van der Waals surface area (Å²) in [5, 5.41) is 3.07. The van der Waals surface area contributed by atoms with Gasteiger partial charge in [-0.05, 0) is 37.5 Å². The molecule has 1 fully saturated rings. The lowest BCUT2D eigenvalue weighted by Gasteiger charge is -2.57. The van der Waals surface area contributed by atoms with E-state index >= 15 is 0 Å². The highest BCUT2D eigenvalue weighted by Crippen LogP contribution is 2.50. The van der Waals surface area contributed by atoms with E-state index in [9.17, 15) is 4.79 Å². The molecule has 0 radical (unpaired) electrons. The minimum absolute atomic E-state index is 0.0240. The number of carbonyl (C=O) groups excluding carboxylic acids is 1. The van der Waals surface area contributed by atoms with Crippen LogP contribution < -0.4 is 15.8 Å². The van der Waals surface area contributed by atoms with Crippen molar-refractivity contribution < 1.29 is 14.3 Å². The quantitative estimate of drug-likeness (QED) is 0.743. The van der Waals surface area contributed by atoms with Crippen LogP contribution in [-0.2, 0) is 9.53 Å². The molecular weight excluding hydrogens is 328 g/mol. The first kappa shape index (κ1) is 20.7. The topological polar surface area (TPSA) is 73.6 Å². The minimum atomic E-state index is -0.901. The van der Waals surface area contributed by atoms with Crippen LogP contribution in [0, 0.1) is 11.3 Å². The molecule has 1 amide bonds. The second kappa shape index (κ2) is 7.97. The lowest BCUT2D eigenvalue weighted by molar-refractivity contribution is -0.171. The van der Waals surface area contributed by atoms with Gasteiger partial charge in [0.15, 0.2) is 0 Å². The van der Waals surface area contributed by atoms with Gasteiger partial charge in [-0.15, -0.1) is 0 Å². The van der Waals surface area contributed by atoms with E-state index < -0.39 is 5.54 Å². The number of hydrogen-bond acceptors (Lipinski definition) is 4. The second-order valence-corrected chi connectivity index (χ2v) is 8.31. The predicted molar refractivity (Wildman–Crippen MR) is 104 cm³/mol. The maximum Gasteiger partial charge on any atom is 0.241 e. The van der Waals surface area contributed by atoms with E-state index in [4.69, 9.17) is 15.2 Å². The van der Waals surface area contributed by atoms with Crippen LogP contribution >= 0.6 is 0 Å². The molecule has 2 rings (SSSR count). The number of nitrogens with two attached hydrogens (primary N) is 1. The monoisotopic (exact) mass is 362 g/mol. The van der Waals surface area contributed by atoms with Gasteiger partial charge in [0, 0.05) is 18.4 Å². The van der Waals surface area contributed by atoms with Gasteiger partial charge < -0.3 is 20.5 Å². The van der Waals surface area contributed by atoms with Gasteiger partial charge in [-0.1, -0.05) is 39.8 Å². The van der Waals surface area contributed by atoms with Gasteiger partial charge in [0.25, 0.3) is 0 Å². The number of carbonyl (C=O) groups is 1. The van der Waals surface area contributed by atoms with Gasteiger partial charge in [0.05, 0.1) is 18.8 Å². The second-order valence-electron chi connectivity index (χ2n) is 8.31. The number of amides is 1. The molecule has 26 heavy (non-hydrogen) atoms. The van der Waals surface area contributed by atoms with Crippen molar-refractivity contribution in [1.82, 2.24) is 5.32 Å². The maximum absolute atomic E-state index is 12.8. The fourth-order valence-electron chi connectivity index (χ4n) is 3.34. The van der Waals surface area contributed by atoms with Crippen molar-refractivity contribution in [3.8, 4) is 5.75 Å². The highest BCUT2D eigenvalue weighted by atomic mass is 16.5. The summed E-state index contributed by atoms with van der Waals surface area (Å²) in [7, 11) is 0. The van der Waals surface area contributed by atoms with E-state index in [1.54, 1.807) is 0 Å². The third kappa shape index (κ3) is 4.04. The van der Waals surface area contributed by atoms with E-state index in [1.807, 2.05) is 52.0 Å². The van der Waals surface area contributed by atoms with Crippen molar-refractivity contribution in [1.29, 1.82) is 0 Å². The standard InChI is InChI=1S/C21H34N2O3/c1-7-25-18-12-21(22,20(18,5)6)19(24)23-15(4)16-8-10-17(11-9-16)26-13-14(2)3/h8-11,14-15,18H,7,12-13,22H2,1-6H3,(H,23,24). The first-order chi connectivity index (χ1) is 12.1. The van der Waals surface area contributed by atoms with E-state index in [0.29, 0.717) is 25.6 Å². The Bertz CT molecular complexity index is 612. The lowest BCUT2D eigenvalue weighted by Crippen LogP contribution is -2.75. The summed E-state index contributed by atoms with van der Waals surface area (Å²) in [6.45, 7) is 13.5. The summed E-state index contributed by atoms with van der Waals surface area (Å²) in [6, 6.07) is 7.73. The normalized spacial score (nSPS) is 25.5. The van der Waals surface area contributed by atoms with E-state index in [-0.39, 0.29) is 23.5 Å². The van der Waals surface area contributed by atoms with Crippen molar-refractivity contribution >= 4 is 5.91 Å². The lowest BCUT2D eigenvalue weighted by atomic mass is 9.54. The number of hydrogen-bond donors (Lipinski definition) is 2. The van der Waals surface area contributed by atoms with Gasteiger partial charge in [0.1, 0.15) is 11.3 Å². The first-order valence-electron chi connectivity index (χ1n) is 9.56. The average molecular weight is 363 g/mol. The zero-order valence-electron chi connectivity index (χ0n) is 17.0. The largest absolute Gasteiger partial charge is 0.493 e. The van der Waals surface area contributed by atoms with Crippen LogP contribution in [-0.4, -0.2) is 30.8 Å². The third-order valence-electron chi connectivity index (χ3n) is 5.55. The van der Waals surface area contributed by atoms with Crippen molar-refractivity contribution in [3.63, 3.8) is 0 Å². The Morgan fingerprint density at radius 1 is 1.27 bits per heavy atom. The van der Waals surface area contributed by atoms with Crippen LogP contribution in [0.4, 0.5) is 0 Å². The van der Waals surface area contributed by atoms with Gasteiger partial charge in [0.2, 0.25) is 5.91 Å². The van der Waals surface area contributed by atoms with Gasteiger partial charge in [-0.25, -0.2) is 0 Å². The molecule has 1 saturated carbocycles. The Hall–Kier alpha value is -1.59. The summed E-state index contributed by atoms with van der Waals surface area (Å²) < 4.78 is 11.4. The van der Waals surface area contributed by atoms with Crippen molar-refractivity contribution in [2.45, 2.75) is 65.6 Å². The molecule has 3 atom stereocenters. The molecular formula is C21H34N2O3. The molecule has 3 N–H and O–H groups in total. The van der Waals surface area contributed by atoms with Crippen LogP contribution in [0.5, 0.6) is 5.75 Å². The van der Waals surface area contributed by atoms with Gasteiger partial charge >= 0.3 is 0 Å². The molecule has 0 bridgehead atoms. The number of nitrogens with one attached hydrogen (secondary N) is 1. The summed E-state index contributed by atoms with van der Waals surface area (Å²) in [6.07, 6.45) is 0.574. The summed E-state index contributed by atoms with van der Waals surface area (Å²) >= 11 is 0. The Morgan fingerprint density at radius 3 is 2.38 bits per heavy atom. The van der Waals surface area contributed by atoms with Crippen LogP contribution in [0.15, 0.2) is 24.3 Å². The maximum atomic E-state index is 12.8. The highest BCUT2D eigenvalue weighted by Gasteiger charge is 2.62. The molecule has 146 valence electrons. The molecule has 1 aliphatic carbocycles. The smallest absolute Gasteiger partial charge is 0.241 e. The molecule has 5 heteroatoms. The first-order valence-corrected chi connectivity index (χ1v) is 9.56. The van der Waals surface area contributed by atoms with Crippen LogP contribution in [0.2, 0.25) is 0 Å². The predicted octanol–water partition coefficient (Wildman–Crippen LogP) is 3.43. The molecule has 0 saturated heterocycles. The fraction of sp³-hybridized carbons (Fsp3) is 0.667. The molecule has 1 aliphatic rings. The molecule has 1 aromatic carbocycles. The van der Waals surface area contributed by atoms with Gasteiger partial charge in [-0.2, -0.15) is 0 Å². The highest BCUT2D eigenvalue weighted by molar-refractivity contribution is 5.89. The molecule has 5 nitrogen and oxygen atoms in total. The third-order valence-corrected chi connectivity index (χ3v) is 5.55. The summed E-state index contributed by atoms with van der Waals surface area (Å²) in [5.74, 6) is 1.21. The average Bonchev–Trinajstić information content (AvgIpc) is 2.59. The molecule has 0 heterocycles. The summed E-state index contributed by atoms with van der Waals surface area (Å²) in [4.78, 5) is 12.8. The Morgan fingerprint density at radius 2 is 1.88 bits per heavy atom. The van der Waals surface area contributed by atoms with Gasteiger partial charge in [-0.3, -0.25) is 4.79 Å². The Balaban J connectivity index is 1.97. The summed E-state index contributed by atoms with van der Waals surface area (Å²) in [5.41, 5.74) is 6.19. The zero-order valence-corrected chi connectivity index (χ0v) is 17.0. The van der Waals surface area contributed by atoms with E-state index in [2.05, 4.69) is 19.2 Å². The number of benzene rings is 1. The molecule has 0 aliphatic heterocycles. The van der Waals surface area contributed by atoms with Crippen LogP contribution in [0.25, 0.3) is 0 Å². The van der Waals surface area contributed by atoms with Crippen LogP contribution in [0.1, 0.15) is 59.6 Å². The number of ether oxygens (including phenoxy) is 2. The van der Waals surface area contributed by atoms with Crippen molar-refractivity contribution in [3.05, 3.63) is 29.8 Å². The minimum Gasteiger partial charge on any atom is -0.493 e. The molecule has 3 unspecified atom stereocenters. The molecule has 0 aromatic heterocycles.